The summed E-state index contributed by atoms with van der Waals surface area (Å²) in [6.45, 7) is 0.602. The molecule has 0 saturated heterocycles. The predicted octanol–water partition coefficient (Wildman–Crippen LogP) is 1.71. The Morgan fingerprint density at radius 3 is 3.13 bits per heavy atom. The molecule has 0 bridgehead atoms. The van der Waals surface area contributed by atoms with E-state index in [0.717, 1.165) is 10.9 Å². The van der Waals surface area contributed by atoms with E-state index in [9.17, 15) is 4.79 Å². The van der Waals surface area contributed by atoms with Crippen LogP contribution in [-0.2, 0) is 6.54 Å². The zero-order valence-corrected chi connectivity index (χ0v) is 7.77. The zero-order chi connectivity index (χ0) is 10.3. The van der Waals surface area contributed by atoms with E-state index < -0.39 is 0 Å². The SMILES string of the molecule is O=c1ccc2cc3c(cc2o1)OC=NC3. The van der Waals surface area contributed by atoms with Crippen LogP contribution in [0.5, 0.6) is 5.75 Å². The number of hydrogen-bond donors (Lipinski definition) is 0. The van der Waals surface area contributed by atoms with E-state index >= 15 is 0 Å². The first-order chi connectivity index (χ1) is 7.33. The lowest BCUT2D eigenvalue weighted by Gasteiger charge is -2.11. The molecule has 1 aliphatic rings. The van der Waals surface area contributed by atoms with Crippen LogP contribution in [0.4, 0.5) is 0 Å². The summed E-state index contributed by atoms with van der Waals surface area (Å²) in [5, 5.41) is 0.883. The molecule has 2 aromatic rings. The molecule has 0 aliphatic carbocycles. The number of nitrogens with zero attached hydrogens (tertiary/aromatic N) is 1. The summed E-state index contributed by atoms with van der Waals surface area (Å²) in [6, 6.07) is 6.78. The van der Waals surface area contributed by atoms with Crippen LogP contribution in [0.1, 0.15) is 5.56 Å². The average Bonchev–Trinajstić information content (AvgIpc) is 2.26. The standard InChI is InChI=1S/C11H7NO3/c13-11-2-1-7-3-8-5-12-6-14-9(8)4-10(7)15-11/h1-4,6H,5H2. The van der Waals surface area contributed by atoms with Gasteiger partial charge in [0.1, 0.15) is 11.3 Å². The van der Waals surface area contributed by atoms with Crippen molar-refractivity contribution in [3.63, 3.8) is 0 Å². The summed E-state index contributed by atoms with van der Waals surface area (Å²) in [7, 11) is 0. The molecule has 0 radical (unpaired) electrons. The second-order valence-electron chi connectivity index (χ2n) is 3.32. The van der Waals surface area contributed by atoms with Crippen molar-refractivity contribution in [3.05, 3.63) is 40.2 Å². The first kappa shape index (κ1) is 8.23. The number of hydrogen-bond acceptors (Lipinski definition) is 4. The fourth-order valence-corrected chi connectivity index (χ4v) is 1.61. The largest absolute Gasteiger partial charge is 0.446 e. The summed E-state index contributed by atoms with van der Waals surface area (Å²) in [5.41, 5.74) is 1.18. The molecule has 0 spiro atoms. The van der Waals surface area contributed by atoms with E-state index in [1.165, 1.54) is 12.5 Å². The second-order valence-corrected chi connectivity index (χ2v) is 3.32. The summed E-state index contributed by atoms with van der Waals surface area (Å²) in [5.74, 6) is 0.701. The van der Waals surface area contributed by atoms with Gasteiger partial charge < -0.3 is 9.15 Å². The molecule has 1 aromatic carbocycles. The van der Waals surface area contributed by atoms with Crippen molar-refractivity contribution in [3.8, 4) is 5.75 Å². The first-order valence-electron chi connectivity index (χ1n) is 4.55. The minimum atomic E-state index is -0.355. The van der Waals surface area contributed by atoms with Crippen molar-refractivity contribution < 1.29 is 9.15 Å². The first-order valence-corrected chi connectivity index (χ1v) is 4.55. The summed E-state index contributed by atoms with van der Waals surface area (Å²) in [4.78, 5) is 15.0. The van der Waals surface area contributed by atoms with Crippen LogP contribution in [-0.4, -0.2) is 6.40 Å². The lowest BCUT2D eigenvalue weighted by molar-refractivity contribution is 0.534. The van der Waals surface area contributed by atoms with Gasteiger partial charge in [-0.3, -0.25) is 4.99 Å². The summed E-state index contributed by atoms with van der Waals surface area (Å²) < 4.78 is 10.3. The fourth-order valence-electron chi connectivity index (χ4n) is 1.61. The maximum absolute atomic E-state index is 11.0. The van der Waals surface area contributed by atoms with Crippen molar-refractivity contribution in [2.75, 3.05) is 0 Å². The van der Waals surface area contributed by atoms with Crippen LogP contribution in [0.25, 0.3) is 11.0 Å². The maximum Gasteiger partial charge on any atom is 0.336 e. The van der Waals surface area contributed by atoms with E-state index in [1.807, 2.05) is 6.07 Å². The highest BCUT2D eigenvalue weighted by molar-refractivity contribution is 5.80. The Labute approximate surface area is 84.8 Å². The molecule has 3 rings (SSSR count). The second kappa shape index (κ2) is 2.95. The monoisotopic (exact) mass is 201 g/mol. The Morgan fingerprint density at radius 1 is 1.27 bits per heavy atom. The van der Waals surface area contributed by atoms with Crippen LogP contribution in [0.15, 0.2) is 38.5 Å². The quantitative estimate of drug-likeness (QED) is 0.610. The van der Waals surface area contributed by atoms with Gasteiger partial charge in [0.15, 0.2) is 6.40 Å². The number of fused-ring (bicyclic) bond motifs is 2. The van der Waals surface area contributed by atoms with Crippen molar-refractivity contribution in [2.45, 2.75) is 6.54 Å². The average molecular weight is 201 g/mol. The number of ether oxygens (including phenoxy) is 1. The van der Waals surface area contributed by atoms with Gasteiger partial charge in [0, 0.05) is 23.1 Å². The zero-order valence-electron chi connectivity index (χ0n) is 7.77. The van der Waals surface area contributed by atoms with Gasteiger partial charge in [-0.2, -0.15) is 0 Å². The van der Waals surface area contributed by atoms with Gasteiger partial charge in [0.05, 0.1) is 6.54 Å². The molecule has 0 atom stereocenters. The van der Waals surface area contributed by atoms with Gasteiger partial charge in [-0.05, 0) is 12.1 Å². The Hall–Kier alpha value is -2.10. The Morgan fingerprint density at radius 2 is 2.20 bits per heavy atom. The minimum absolute atomic E-state index is 0.355. The van der Waals surface area contributed by atoms with Crippen molar-refractivity contribution >= 4 is 17.4 Å². The topological polar surface area (TPSA) is 51.8 Å². The fraction of sp³-hybridized carbons (Fsp3) is 0.0909. The molecule has 0 fully saturated rings. The van der Waals surface area contributed by atoms with Crippen molar-refractivity contribution in [1.29, 1.82) is 0 Å². The molecule has 4 heteroatoms. The highest BCUT2D eigenvalue weighted by Gasteiger charge is 2.09. The highest BCUT2D eigenvalue weighted by atomic mass is 16.5. The minimum Gasteiger partial charge on any atom is -0.446 e. The van der Waals surface area contributed by atoms with E-state index in [2.05, 4.69) is 4.99 Å². The van der Waals surface area contributed by atoms with Gasteiger partial charge >= 0.3 is 5.63 Å². The molecule has 0 saturated carbocycles. The lowest BCUT2D eigenvalue weighted by Crippen LogP contribution is -2.02. The summed E-state index contributed by atoms with van der Waals surface area (Å²) in [6.07, 6.45) is 1.40. The van der Waals surface area contributed by atoms with Gasteiger partial charge in [-0.25, -0.2) is 4.79 Å². The maximum atomic E-state index is 11.0. The third-order valence-corrected chi connectivity index (χ3v) is 2.32. The van der Waals surface area contributed by atoms with E-state index in [4.69, 9.17) is 9.15 Å². The molecule has 0 N–H and O–H groups in total. The molecular weight excluding hydrogens is 194 g/mol. The lowest BCUT2D eigenvalue weighted by atomic mass is 10.1. The number of aliphatic imine (C=N–C) groups is 1. The normalized spacial score (nSPS) is 13.6. The smallest absolute Gasteiger partial charge is 0.336 e. The number of rotatable bonds is 0. The molecule has 0 amide bonds. The van der Waals surface area contributed by atoms with Crippen molar-refractivity contribution in [2.24, 2.45) is 4.99 Å². The van der Waals surface area contributed by atoms with Gasteiger partial charge in [0.25, 0.3) is 0 Å². The Kier molecular flexibility index (Phi) is 1.62. The van der Waals surface area contributed by atoms with Crippen LogP contribution in [0.3, 0.4) is 0 Å². The predicted molar refractivity (Wildman–Crippen MR) is 55.3 cm³/mol. The molecule has 74 valence electrons. The van der Waals surface area contributed by atoms with E-state index in [1.54, 1.807) is 12.1 Å². The van der Waals surface area contributed by atoms with Crippen LogP contribution >= 0.6 is 0 Å². The van der Waals surface area contributed by atoms with Crippen molar-refractivity contribution in [1.82, 2.24) is 0 Å². The van der Waals surface area contributed by atoms with E-state index in [-0.39, 0.29) is 5.63 Å². The van der Waals surface area contributed by atoms with Gasteiger partial charge in [-0.1, -0.05) is 0 Å². The van der Waals surface area contributed by atoms with E-state index in [0.29, 0.717) is 17.9 Å². The number of benzene rings is 1. The Bertz CT molecular complexity index is 613. The molecular formula is C11H7NO3. The molecule has 15 heavy (non-hydrogen) atoms. The highest BCUT2D eigenvalue weighted by Crippen LogP contribution is 2.27. The van der Waals surface area contributed by atoms with Crippen LogP contribution in [0.2, 0.25) is 0 Å². The Balaban J connectivity index is 2.33. The van der Waals surface area contributed by atoms with Crippen LogP contribution < -0.4 is 10.4 Å². The molecule has 1 aromatic heterocycles. The molecule has 4 nitrogen and oxygen atoms in total. The molecule has 2 heterocycles. The summed E-state index contributed by atoms with van der Waals surface area (Å²) >= 11 is 0. The third kappa shape index (κ3) is 1.30. The molecule has 0 unspecified atom stereocenters. The third-order valence-electron chi connectivity index (χ3n) is 2.32. The molecule has 1 aliphatic heterocycles. The van der Waals surface area contributed by atoms with Gasteiger partial charge in [-0.15, -0.1) is 0 Å². The van der Waals surface area contributed by atoms with Crippen LogP contribution in [0, 0.1) is 0 Å². The van der Waals surface area contributed by atoms with Gasteiger partial charge in [0.2, 0.25) is 0 Å².